The van der Waals surface area contributed by atoms with Gasteiger partial charge in [-0.1, -0.05) is 12.1 Å². The van der Waals surface area contributed by atoms with Gasteiger partial charge >= 0.3 is 0 Å². The van der Waals surface area contributed by atoms with E-state index in [9.17, 15) is 9.59 Å². The quantitative estimate of drug-likeness (QED) is 0.729. The van der Waals surface area contributed by atoms with Crippen LogP contribution in [0.25, 0.3) is 0 Å². The average molecular weight is 216 g/mol. The number of para-hydroxylation sites is 1. The number of hydrogen-bond donors (Lipinski definition) is 2. The van der Waals surface area contributed by atoms with Crippen molar-refractivity contribution in [3.8, 4) is 0 Å². The van der Waals surface area contributed by atoms with Crippen molar-refractivity contribution in [3.05, 3.63) is 29.3 Å². The maximum absolute atomic E-state index is 11.7. The Bertz CT molecular complexity index is 510. The molecule has 0 radical (unpaired) electrons. The number of amides is 1. The van der Waals surface area contributed by atoms with Gasteiger partial charge in [-0.3, -0.25) is 9.59 Å². The number of carbonyl (C=O) groups excluding carboxylic acids is 2. The normalized spacial score (nSPS) is 26.1. The second-order valence-electron chi connectivity index (χ2n) is 4.45. The Morgan fingerprint density at radius 2 is 2.25 bits per heavy atom. The third kappa shape index (κ3) is 0.939. The predicted octanol–water partition coefficient (Wildman–Crippen LogP) is 0.812. The van der Waals surface area contributed by atoms with E-state index in [0.717, 1.165) is 17.7 Å². The molecule has 1 amide bonds. The molecule has 3 N–H and O–H groups in total. The molecule has 1 fully saturated rings. The Labute approximate surface area is 92.8 Å². The van der Waals surface area contributed by atoms with E-state index in [1.807, 2.05) is 6.07 Å². The molecule has 0 aromatic heterocycles. The fourth-order valence-corrected chi connectivity index (χ4v) is 2.68. The molecule has 0 saturated heterocycles. The number of Topliss-reactive ketones (excluding diaryl/α,β-unsaturated/α-hetero) is 1. The Morgan fingerprint density at radius 1 is 1.44 bits per heavy atom. The molecule has 1 aromatic rings. The zero-order valence-electron chi connectivity index (χ0n) is 8.75. The fourth-order valence-electron chi connectivity index (χ4n) is 2.68. The molecule has 3 rings (SSSR count). The van der Waals surface area contributed by atoms with E-state index in [4.69, 9.17) is 5.73 Å². The second kappa shape index (κ2) is 2.84. The summed E-state index contributed by atoms with van der Waals surface area (Å²) in [4.78, 5) is 23.0. The summed E-state index contributed by atoms with van der Waals surface area (Å²) in [7, 11) is 0. The van der Waals surface area contributed by atoms with E-state index in [1.54, 1.807) is 12.1 Å². The molecular weight excluding hydrogens is 204 g/mol. The van der Waals surface area contributed by atoms with Gasteiger partial charge in [0.1, 0.15) is 5.78 Å². The van der Waals surface area contributed by atoms with Crippen molar-refractivity contribution in [2.75, 3.05) is 11.9 Å². The number of primary amides is 1. The van der Waals surface area contributed by atoms with Crippen LogP contribution < -0.4 is 11.1 Å². The van der Waals surface area contributed by atoms with Crippen molar-refractivity contribution in [1.82, 2.24) is 0 Å². The third-order valence-corrected chi connectivity index (χ3v) is 3.73. The van der Waals surface area contributed by atoms with Gasteiger partial charge in [0.25, 0.3) is 5.91 Å². The van der Waals surface area contributed by atoms with Gasteiger partial charge in [-0.15, -0.1) is 0 Å². The van der Waals surface area contributed by atoms with Gasteiger partial charge in [0.05, 0.1) is 16.7 Å². The number of carbonyl (C=O) groups is 2. The summed E-state index contributed by atoms with van der Waals surface area (Å²) < 4.78 is 0. The minimum absolute atomic E-state index is 0.264. The predicted molar refractivity (Wildman–Crippen MR) is 59.4 cm³/mol. The summed E-state index contributed by atoms with van der Waals surface area (Å²) in [5.74, 6) is -0.187. The van der Waals surface area contributed by atoms with Gasteiger partial charge in [-0.25, -0.2) is 0 Å². The molecule has 1 aromatic carbocycles. The smallest absolute Gasteiger partial charge is 0.250 e. The number of anilines is 1. The Kier molecular flexibility index (Phi) is 1.67. The standard InChI is InChI=1S/C12H12N2O2/c13-11(16)7-2-1-3-8-10(7)14-6-12(8)5-4-9(12)15/h1-3,14H,4-6H2,(H2,13,16). The van der Waals surface area contributed by atoms with Crippen molar-refractivity contribution in [2.24, 2.45) is 5.73 Å². The number of nitrogens with one attached hydrogen (secondary N) is 1. The minimum atomic E-state index is -0.451. The molecular formula is C12H12N2O2. The number of fused-ring (bicyclic) bond motifs is 2. The highest BCUT2D eigenvalue weighted by molar-refractivity contribution is 6.05. The second-order valence-corrected chi connectivity index (χ2v) is 4.45. The summed E-state index contributed by atoms with van der Waals surface area (Å²) >= 11 is 0. The van der Waals surface area contributed by atoms with Gasteiger partial charge in [0, 0.05) is 13.0 Å². The van der Waals surface area contributed by atoms with Gasteiger partial charge in [0.15, 0.2) is 0 Å². The largest absolute Gasteiger partial charge is 0.383 e. The zero-order valence-corrected chi connectivity index (χ0v) is 8.75. The van der Waals surface area contributed by atoms with Crippen LogP contribution in [-0.4, -0.2) is 18.2 Å². The first-order valence-electron chi connectivity index (χ1n) is 5.36. The van der Waals surface area contributed by atoms with E-state index >= 15 is 0 Å². The van der Waals surface area contributed by atoms with Crippen molar-refractivity contribution in [2.45, 2.75) is 18.3 Å². The molecule has 0 bridgehead atoms. The Hall–Kier alpha value is -1.84. The van der Waals surface area contributed by atoms with E-state index in [1.165, 1.54) is 0 Å². The number of nitrogens with two attached hydrogens (primary N) is 1. The lowest BCUT2D eigenvalue weighted by atomic mass is 9.64. The van der Waals surface area contributed by atoms with Crippen LogP contribution in [-0.2, 0) is 10.2 Å². The summed E-state index contributed by atoms with van der Waals surface area (Å²) in [6, 6.07) is 5.40. The van der Waals surface area contributed by atoms with Gasteiger partial charge in [-0.05, 0) is 18.1 Å². The highest BCUT2D eigenvalue weighted by atomic mass is 16.1. The molecule has 1 aliphatic heterocycles. The van der Waals surface area contributed by atoms with Crippen LogP contribution in [0.1, 0.15) is 28.8 Å². The molecule has 1 aliphatic carbocycles. The van der Waals surface area contributed by atoms with Crippen molar-refractivity contribution < 1.29 is 9.59 Å². The summed E-state index contributed by atoms with van der Waals surface area (Å²) in [6.45, 7) is 0.603. The number of rotatable bonds is 1. The highest BCUT2D eigenvalue weighted by Gasteiger charge is 2.51. The van der Waals surface area contributed by atoms with Crippen LogP contribution in [0.15, 0.2) is 18.2 Å². The topological polar surface area (TPSA) is 72.2 Å². The summed E-state index contributed by atoms with van der Waals surface area (Å²) in [5.41, 5.74) is 7.11. The van der Waals surface area contributed by atoms with E-state index < -0.39 is 5.91 Å². The van der Waals surface area contributed by atoms with Crippen LogP contribution in [0.2, 0.25) is 0 Å². The van der Waals surface area contributed by atoms with Gasteiger partial charge < -0.3 is 11.1 Å². The van der Waals surface area contributed by atoms with Gasteiger partial charge in [0.2, 0.25) is 0 Å². The van der Waals surface area contributed by atoms with Crippen LogP contribution in [0.3, 0.4) is 0 Å². The highest BCUT2D eigenvalue weighted by Crippen LogP contribution is 2.48. The lowest BCUT2D eigenvalue weighted by molar-refractivity contribution is -0.130. The van der Waals surface area contributed by atoms with Crippen molar-refractivity contribution in [1.29, 1.82) is 0 Å². The molecule has 1 saturated carbocycles. The number of ketones is 1. The molecule has 82 valence electrons. The first-order valence-corrected chi connectivity index (χ1v) is 5.36. The van der Waals surface area contributed by atoms with Crippen LogP contribution in [0.4, 0.5) is 5.69 Å². The van der Waals surface area contributed by atoms with E-state index in [0.29, 0.717) is 18.5 Å². The summed E-state index contributed by atoms with van der Waals surface area (Å²) in [5, 5.41) is 3.15. The number of hydrogen-bond acceptors (Lipinski definition) is 3. The maximum Gasteiger partial charge on any atom is 0.250 e. The molecule has 1 heterocycles. The molecule has 4 nitrogen and oxygen atoms in total. The minimum Gasteiger partial charge on any atom is -0.383 e. The zero-order chi connectivity index (χ0) is 11.3. The van der Waals surface area contributed by atoms with Crippen molar-refractivity contribution in [3.63, 3.8) is 0 Å². The fraction of sp³-hybridized carbons (Fsp3) is 0.333. The molecule has 1 atom stereocenters. The van der Waals surface area contributed by atoms with E-state index in [-0.39, 0.29) is 11.2 Å². The third-order valence-electron chi connectivity index (χ3n) is 3.73. The first-order chi connectivity index (χ1) is 7.65. The first kappa shape index (κ1) is 9.39. The maximum atomic E-state index is 11.7. The Morgan fingerprint density at radius 3 is 2.81 bits per heavy atom. The Balaban J connectivity index is 2.18. The van der Waals surface area contributed by atoms with Crippen LogP contribution in [0, 0.1) is 0 Å². The lowest BCUT2D eigenvalue weighted by Gasteiger charge is -2.36. The van der Waals surface area contributed by atoms with Crippen LogP contribution in [0.5, 0.6) is 0 Å². The molecule has 4 heteroatoms. The van der Waals surface area contributed by atoms with Crippen LogP contribution >= 0.6 is 0 Å². The number of benzene rings is 1. The van der Waals surface area contributed by atoms with E-state index in [2.05, 4.69) is 5.32 Å². The molecule has 2 aliphatic rings. The SMILES string of the molecule is NC(=O)c1cccc2c1NCC21CCC1=O. The lowest BCUT2D eigenvalue weighted by Crippen LogP contribution is -2.46. The monoisotopic (exact) mass is 216 g/mol. The molecule has 1 spiro atoms. The van der Waals surface area contributed by atoms with Gasteiger partial charge in [-0.2, -0.15) is 0 Å². The average Bonchev–Trinajstić information content (AvgIpc) is 2.68. The summed E-state index contributed by atoms with van der Waals surface area (Å²) in [6.07, 6.45) is 1.51. The van der Waals surface area contributed by atoms with Crippen molar-refractivity contribution >= 4 is 17.4 Å². The molecule has 16 heavy (non-hydrogen) atoms. The molecule has 1 unspecified atom stereocenters.